The van der Waals surface area contributed by atoms with Gasteiger partial charge < -0.3 is 21.1 Å². The summed E-state index contributed by atoms with van der Waals surface area (Å²) < 4.78 is 38.7. The monoisotopic (exact) mass is 425 g/mol. The highest BCUT2D eigenvalue weighted by Crippen LogP contribution is 2.33. The molecule has 0 saturated heterocycles. The number of urea groups is 1. The van der Waals surface area contributed by atoms with Crippen LogP contribution in [0.5, 0.6) is 5.75 Å². The van der Waals surface area contributed by atoms with Gasteiger partial charge in [0.15, 0.2) is 0 Å². The van der Waals surface area contributed by atoms with Crippen molar-refractivity contribution < 1.29 is 27.9 Å². The van der Waals surface area contributed by atoms with Crippen LogP contribution in [-0.4, -0.2) is 17.0 Å². The lowest BCUT2D eigenvalue weighted by atomic mass is 9.94. The van der Waals surface area contributed by atoms with Crippen LogP contribution >= 0.6 is 11.6 Å². The van der Waals surface area contributed by atoms with Crippen molar-refractivity contribution in [2.75, 3.05) is 5.32 Å². The van der Waals surface area contributed by atoms with Crippen molar-refractivity contribution >= 4 is 29.2 Å². The van der Waals surface area contributed by atoms with Crippen LogP contribution in [0.2, 0.25) is 5.02 Å². The number of benzene rings is 2. The van der Waals surface area contributed by atoms with Gasteiger partial charge >= 0.3 is 12.2 Å². The van der Waals surface area contributed by atoms with Gasteiger partial charge in [-0.25, -0.2) is 4.79 Å². The number of carbonyl (C=O) groups is 2. The normalized spacial score (nSPS) is 16.9. The number of nitrogens with one attached hydrogen (secondary N) is 3. The standard InChI is InChI=1S/C19H15ClF3N3O3/c1-9-15(17(28)25-12-4-2-3-11(8-12)19(21,22)23)16(26-18(29)24-9)10-5-6-14(27)13(20)7-10/h2-8,16,27H,1H3,(H,25,28)(H2,24,26,29)/t16-/m1/s1. The van der Waals surface area contributed by atoms with Gasteiger partial charge in [0.25, 0.3) is 5.91 Å². The van der Waals surface area contributed by atoms with E-state index in [0.29, 0.717) is 5.56 Å². The van der Waals surface area contributed by atoms with E-state index in [1.54, 1.807) is 0 Å². The first-order valence-corrected chi connectivity index (χ1v) is 8.69. The molecule has 1 atom stereocenters. The van der Waals surface area contributed by atoms with Gasteiger partial charge in [0, 0.05) is 11.4 Å². The van der Waals surface area contributed by atoms with Crippen molar-refractivity contribution in [1.29, 1.82) is 0 Å². The van der Waals surface area contributed by atoms with Gasteiger partial charge in [-0.15, -0.1) is 0 Å². The van der Waals surface area contributed by atoms with Gasteiger partial charge in [0.05, 0.1) is 22.2 Å². The fourth-order valence-electron chi connectivity index (χ4n) is 2.92. The molecule has 0 bridgehead atoms. The Morgan fingerprint density at radius 2 is 1.93 bits per heavy atom. The minimum atomic E-state index is -4.55. The molecule has 10 heteroatoms. The Kier molecular flexibility index (Phi) is 5.43. The van der Waals surface area contributed by atoms with E-state index < -0.39 is 29.7 Å². The number of allylic oxidation sites excluding steroid dienone is 1. The van der Waals surface area contributed by atoms with Crippen LogP contribution in [0.1, 0.15) is 24.1 Å². The number of aromatic hydroxyl groups is 1. The van der Waals surface area contributed by atoms with E-state index in [0.717, 1.165) is 12.1 Å². The summed E-state index contributed by atoms with van der Waals surface area (Å²) in [5.41, 5.74) is -0.227. The van der Waals surface area contributed by atoms with E-state index >= 15 is 0 Å². The maximum Gasteiger partial charge on any atom is 0.416 e. The number of hydrogen-bond donors (Lipinski definition) is 4. The molecule has 1 heterocycles. The third kappa shape index (κ3) is 4.45. The summed E-state index contributed by atoms with van der Waals surface area (Å²) in [5.74, 6) is -0.880. The fraction of sp³-hybridized carbons (Fsp3) is 0.158. The molecule has 2 aromatic rings. The number of phenols is 1. The summed E-state index contributed by atoms with van der Waals surface area (Å²) in [6.07, 6.45) is -4.55. The third-order valence-corrected chi connectivity index (χ3v) is 4.57. The van der Waals surface area contributed by atoms with Crippen LogP contribution in [-0.2, 0) is 11.0 Å². The summed E-state index contributed by atoms with van der Waals surface area (Å²) >= 11 is 5.92. The Morgan fingerprint density at radius 1 is 1.21 bits per heavy atom. The number of rotatable bonds is 3. The van der Waals surface area contributed by atoms with Crippen LogP contribution in [0.4, 0.5) is 23.7 Å². The molecule has 0 radical (unpaired) electrons. The SMILES string of the molecule is CC1=C(C(=O)Nc2cccc(C(F)(F)F)c2)[C@@H](c2ccc(O)c(Cl)c2)NC(=O)N1. The first-order chi connectivity index (χ1) is 13.6. The zero-order valence-corrected chi connectivity index (χ0v) is 15.7. The van der Waals surface area contributed by atoms with E-state index in [2.05, 4.69) is 16.0 Å². The molecule has 3 amide bonds. The Balaban J connectivity index is 1.95. The largest absolute Gasteiger partial charge is 0.506 e. The Morgan fingerprint density at radius 3 is 2.59 bits per heavy atom. The summed E-state index contributed by atoms with van der Waals surface area (Å²) in [7, 11) is 0. The van der Waals surface area contributed by atoms with E-state index in [9.17, 15) is 27.9 Å². The minimum absolute atomic E-state index is 0.0190. The zero-order chi connectivity index (χ0) is 21.3. The van der Waals surface area contributed by atoms with E-state index in [-0.39, 0.29) is 27.7 Å². The van der Waals surface area contributed by atoms with Gasteiger partial charge in [-0.1, -0.05) is 23.7 Å². The molecule has 29 heavy (non-hydrogen) atoms. The van der Waals surface area contributed by atoms with Crippen LogP contribution in [0.15, 0.2) is 53.7 Å². The topological polar surface area (TPSA) is 90.5 Å². The van der Waals surface area contributed by atoms with Crippen molar-refractivity contribution in [2.45, 2.75) is 19.1 Å². The molecule has 0 saturated carbocycles. The minimum Gasteiger partial charge on any atom is -0.506 e. The summed E-state index contributed by atoms with van der Waals surface area (Å²) in [6, 6.07) is 6.89. The lowest BCUT2D eigenvalue weighted by molar-refractivity contribution is -0.137. The van der Waals surface area contributed by atoms with E-state index in [1.165, 1.54) is 37.3 Å². The average molecular weight is 426 g/mol. The highest BCUT2D eigenvalue weighted by molar-refractivity contribution is 6.32. The summed E-state index contributed by atoms with van der Waals surface area (Å²) in [4.78, 5) is 24.8. The highest BCUT2D eigenvalue weighted by Gasteiger charge is 2.33. The van der Waals surface area contributed by atoms with Gasteiger partial charge in [0.2, 0.25) is 0 Å². The quantitative estimate of drug-likeness (QED) is 0.590. The first-order valence-electron chi connectivity index (χ1n) is 8.31. The fourth-order valence-corrected chi connectivity index (χ4v) is 3.11. The summed E-state index contributed by atoms with van der Waals surface area (Å²) in [5, 5.41) is 17.1. The van der Waals surface area contributed by atoms with Gasteiger partial charge in [-0.3, -0.25) is 4.79 Å². The second-order valence-electron chi connectivity index (χ2n) is 6.31. The number of carbonyl (C=O) groups excluding carboxylic acids is 2. The first kappa shape index (κ1) is 20.5. The summed E-state index contributed by atoms with van der Waals surface area (Å²) in [6.45, 7) is 1.49. The molecule has 6 nitrogen and oxygen atoms in total. The molecular formula is C19H15ClF3N3O3. The Bertz CT molecular complexity index is 1020. The molecule has 0 spiro atoms. The molecule has 1 aliphatic heterocycles. The Hall–Kier alpha value is -3.20. The zero-order valence-electron chi connectivity index (χ0n) is 14.9. The third-order valence-electron chi connectivity index (χ3n) is 4.27. The van der Waals surface area contributed by atoms with Gasteiger partial charge in [-0.2, -0.15) is 13.2 Å². The van der Waals surface area contributed by atoms with Crippen molar-refractivity contribution in [3.63, 3.8) is 0 Å². The van der Waals surface area contributed by atoms with E-state index in [4.69, 9.17) is 11.6 Å². The van der Waals surface area contributed by atoms with Crippen LogP contribution in [0.3, 0.4) is 0 Å². The molecule has 2 aromatic carbocycles. The second kappa shape index (κ2) is 7.67. The molecule has 4 N–H and O–H groups in total. The Labute approximate surface area is 168 Å². The molecule has 152 valence electrons. The molecule has 3 rings (SSSR count). The van der Waals surface area contributed by atoms with Crippen LogP contribution in [0.25, 0.3) is 0 Å². The van der Waals surface area contributed by atoms with Crippen molar-refractivity contribution in [2.24, 2.45) is 0 Å². The van der Waals surface area contributed by atoms with Crippen LogP contribution < -0.4 is 16.0 Å². The number of amides is 3. The molecule has 0 fully saturated rings. The molecule has 0 aliphatic carbocycles. The maximum atomic E-state index is 12.9. The highest BCUT2D eigenvalue weighted by atomic mass is 35.5. The lowest BCUT2D eigenvalue weighted by Crippen LogP contribution is -2.46. The molecule has 0 aromatic heterocycles. The van der Waals surface area contributed by atoms with Crippen molar-refractivity contribution in [1.82, 2.24) is 10.6 Å². The number of alkyl halides is 3. The number of phenolic OH excluding ortho intramolecular Hbond substituents is 1. The maximum absolute atomic E-state index is 12.9. The van der Waals surface area contributed by atoms with E-state index in [1.807, 2.05) is 0 Å². The number of hydrogen-bond acceptors (Lipinski definition) is 3. The molecular weight excluding hydrogens is 411 g/mol. The van der Waals surface area contributed by atoms with Gasteiger partial charge in [-0.05, 0) is 42.8 Å². The predicted molar refractivity (Wildman–Crippen MR) is 100 cm³/mol. The smallest absolute Gasteiger partial charge is 0.416 e. The van der Waals surface area contributed by atoms with Crippen molar-refractivity contribution in [3.8, 4) is 5.75 Å². The second-order valence-corrected chi connectivity index (χ2v) is 6.72. The average Bonchev–Trinajstić information content (AvgIpc) is 2.62. The molecule has 0 unspecified atom stereocenters. The number of anilines is 1. The van der Waals surface area contributed by atoms with Crippen molar-refractivity contribution in [3.05, 3.63) is 69.9 Å². The number of halogens is 4. The van der Waals surface area contributed by atoms with Gasteiger partial charge in [0.1, 0.15) is 5.75 Å². The lowest BCUT2D eigenvalue weighted by Gasteiger charge is -2.29. The van der Waals surface area contributed by atoms with Crippen LogP contribution in [0, 0.1) is 0 Å². The molecule has 1 aliphatic rings. The predicted octanol–water partition coefficient (Wildman–Crippen LogP) is 4.33.